The largest absolute Gasteiger partial charge is 0.354 e. The zero-order valence-electron chi connectivity index (χ0n) is 11.0. The lowest BCUT2D eigenvalue weighted by Crippen LogP contribution is -2.44. The van der Waals surface area contributed by atoms with E-state index in [0.717, 1.165) is 12.8 Å². The van der Waals surface area contributed by atoms with Gasteiger partial charge in [0.2, 0.25) is 5.91 Å². The first-order chi connectivity index (χ1) is 7.34. The van der Waals surface area contributed by atoms with Crippen LogP contribution in [0.2, 0.25) is 0 Å². The van der Waals surface area contributed by atoms with E-state index in [1.807, 2.05) is 0 Å². The number of hydrogen-bond acceptors (Lipinski definition) is 2. The molecule has 1 aliphatic rings. The molecule has 94 valence electrons. The number of hydrogen-bond donors (Lipinski definition) is 2. The van der Waals surface area contributed by atoms with Crippen LogP contribution in [0.4, 0.5) is 0 Å². The van der Waals surface area contributed by atoms with Crippen LogP contribution in [0, 0.1) is 17.3 Å². The molecule has 1 aliphatic carbocycles. The molecule has 0 radical (unpaired) electrons. The van der Waals surface area contributed by atoms with E-state index in [1.165, 1.54) is 6.42 Å². The molecule has 3 N–H and O–H groups in total. The molecule has 0 aromatic carbocycles. The summed E-state index contributed by atoms with van der Waals surface area (Å²) in [5, 5.41) is 3.00. The first kappa shape index (κ1) is 13.5. The van der Waals surface area contributed by atoms with Gasteiger partial charge in [0.1, 0.15) is 0 Å². The van der Waals surface area contributed by atoms with E-state index in [9.17, 15) is 4.79 Å². The fourth-order valence-electron chi connectivity index (χ4n) is 2.39. The molecule has 0 aromatic rings. The third-order valence-electron chi connectivity index (χ3n) is 3.94. The molecule has 3 heteroatoms. The molecule has 0 bridgehead atoms. The summed E-state index contributed by atoms with van der Waals surface area (Å²) in [4.78, 5) is 12.0. The highest BCUT2D eigenvalue weighted by molar-refractivity contribution is 5.79. The molecule has 16 heavy (non-hydrogen) atoms. The molecule has 0 saturated heterocycles. The highest BCUT2D eigenvalue weighted by Gasteiger charge is 2.39. The van der Waals surface area contributed by atoms with E-state index in [1.54, 1.807) is 0 Å². The van der Waals surface area contributed by atoms with Crippen LogP contribution in [-0.2, 0) is 4.79 Å². The molecule has 1 saturated carbocycles. The number of carbonyl (C=O) groups excluding carboxylic acids is 1. The second kappa shape index (κ2) is 5.17. The number of rotatable bonds is 4. The van der Waals surface area contributed by atoms with Crippen molar-refractivity contribution in [1.82, 2.24) is 5.32 Å². The predicted octanol–water partition coefficient (Wildman–Crippen LogP) is 1.91. The van der Waals surface area contributed by atoms with Crippen LogP contribution in [0.5, 0.6) is 0 Å². The van der Waals surface area contributed by atoms with Crippen LogP contribution >= 0.6 is 0 Å². The molecule has 1 fully saturated rings. The van der Waals surface area contributed by atoms with Crippen molar-refractivity contribution in [1.29, 1.82) is 0 Å². The molecular weight excluding hydrogens is 200 g/mol. The van der Waals surface area contributed by atoms with Crippen molar-refractivity contribution in [2.75, 3.05) is 6.54 Å². The number of carbonyl (C=O) groups is 1. The molecule has 0 heterocycles. The van der Waals surface area contributed by atoms with Crippen LogP contribution in [0.3, 0.4) is 0 Å². The van der Waals surface area contributed by atoms with Crippen molar-refractivity contribution in [2.45, 2.75) is 53.0 Å². The topological polar surface area (TPSA) is 55.1 Å². The fourth-order valence-corrected chi connectivity index (χ4v) is 2.39. The van der Waals surface area contributed by atoms with Crippen LogP contribution in [0.1, 0.15) is 47.0 Å². The Morgan fingerprint density at radius 1 is 1.50 bits per heavy atom. The van der Waals surface area contributed by atoms with Crippen LogP contribution < -0.4 is 11.1 Å². The van der Waals surface area contributed by atoms with Gasteiger partial charge in [-0.15, -0.1) is 0 Å². The summed E-state index contributed by atoms with van der Waals surface area (Å²) in [6, 6.07) is 0.0634. The Hall–Kier alpha value is -0.570. The lowest BCUT2D eigenvalue weighted by molar-refractivity contribution is -0.127. The third kappa shape index (κ3) is 3.21. The number of nitrogens with one attached hydrogen (secondary N) is 1. The molecular formula is C13H26N2O. The van der Waals surface area contributed by atoms with E-state index in [-0.39, 0.29) is 23.3 Å². The zero-order chi connectivity index (χ0) is 12.3. The fraction of sp³-hybridized carbons (Fsp3) is 0.923. The van der Waals surface area contributed by atoms with Crippen molar-refractivity contribution in [3.63, 3.8) is 0 Å². The summed E-state index contributed by atoms with van der Waals surface area (Å²) in [6.45, 7) is 9.13. The number of amides is 1. The second-order valence-corrected chi connectivity index (χ2v) is 6.09. The predicted molar refractivity (Wildman–Crippen MR) is 66.9 cm³/mol. The van der Waals surface area contributed by atoms with Crippen molar-refractivity contribution in [3.05, 3.63) is 0 Å². The maximum absolute atomic E-state index is 12.0. The van der Waals surface area contributed by atoms with Gasteiger partial charge >= 0.3 is 0 Å². The maximum atomic E-state index is 12.0. The van der Waals surface area contributed by atoms with Crippen molar-refractivity contribution < 1.29 is 4.79 Å². The zero-order valence-corrected chi connectivity index (χ0v) is 11.0. The normalized spacial score (nSPS) is 25.8. The lowest BCUT2D eigenvalue weighted by Gasteiger charge is -2.27. The Labute approximate surface area is 99.2 Å². The highest BCUT2D eigenvalue weighted by atomic mass is 16.1. The second-order valence-electron chi connectivity index (χ2n) is 6.09. The monoisotopic (exact) mass is 226 g/mol. The SMILES string of the molecule is CC(C)C(N)CNC(=O)C1CCCC1(C)C. The Balaban J connectivity index is 2.41. The van der Waals surface area contributed by atoms with E-state index < -0.39 is 0 Å². The van der Waals surface area contributed by atoms with Gasteiger partial charge in [0.15, 0.2) is 0 Å². The molecule has 2 unspecified atom stereocenters. The summed E-state index contributed by atoms with van der Waals surface area (Å²) in [7, 11) is 0. The number of nitrogens with two attached hydrogens (primary N) is 1. The Morgan fingerprint density at radius 2 is 2.12 bits per heavy atom. The van der Waals surface area contributed by atoms with Crippen molar-refractivity contribution >= 4 is 5.91 Å². The van der Waals surface area contributed by atoms with Gasteiger partial charge in [-0.2, -0.15) is 0 Å². The highest BCUT2D eigenvalue weighted by Crippen LogP contribution is 2.42. The minimum atomic E-state index is 0.0634. The Morgan fingerprint density at radius 3 is 2.56 bits per heavy atom. The van der Waals surface area contributed by atoms with E-state index in [2.05, 4.69) is 33.0 Å². The minimum absolute atomic E-state index is 0.0634. The van der Waals surface area contributed by atoms with Gasteiger partial charge in [-0.1, -0.05) is 34.1 Å². The maximum Gasteiger partial charge on any atom is 0.223 e. The van der Waals surface area contributed by atoms with Gasteiger partial charge in [0, 0.05) is 18.5 Å². The average Bonchev–Trinajstić information content (AvgIpc) is 2.53. The third-order valence-corrected chi connectivity index (χ3v) is 3.94. The molecule has 1 rings (SSSR count). The standard InChI is InChI=1S/C13H26N2O/c1-9(2)11(14)8-15-12(16)10-6-5-7-13(10,3)4/h9-11H,5-8,14H2,1-4H3,(H,15,16). The first-order valence-electron chi connectivity index (χ1n) is 6.38. The summed E-state index contributed by atoms with van der Waals surface area (Å²) in [5.74, 6) is 0.780. The molecule has 1 amide bonds. The van der Waals surface area contributed by atoms with Crippen LogP contribution in [0.25, 0.3) is 0 Å². The van der Waals surface area contributed by atoms with Crippen LogP contribution in [0.15, 0.2) is 0 Å². The smallest absolute Gasteiger partial charge is 0.223 e. The van der Waals surface area contributed by atoms with E-state index in [0.29, 0.717) is 12.5 Å². The molecule has 3 nitrogen and oxygen atoms in total. The molecule has 0 aromatic heterocycles. The average molecular weight is 226 g/mol. The van der Waals surface area contributed by atoms with Gasteiger partial charge in [-0.25, -0.2) is 0 Å². The molecule has 0 spiro atoms. The van der Waals surface area contributed by atoms with Gasteiger partial charge in [-0.3, -0.25) is 4.79 Å². The summed E-state index contributed by atoms with van der Waals surface area (Å²) >= 11 is 0. The van der Waals surface area contributed by atoms with Gasteiger partial charge < -0.3 is 11.1 Å². The first-order valence-corrected chi connectivity index (χ1v) is 6.38. The summed E-state index contributed by atoms with van der Waals surface area (Å²) < 4.78 is 0. The summed E-state index contributed by atoms with van der Waals surface area (Å²) in [6.07, 6.45) is 3.35. The Bertz CT molecular complexity index is 248. The lowest BCUT2D eigenvalue weighted by atomic mass is 9.81. The van der Waals surface area contributed by atoms with Crippen molar-refractivity contribution in [3.8, 4) is 0 Å². The van der Waals surface area contributed by atoms with E-state index >= 15 is 0 Å². The molecule has 0 aliphatic heterocycles. The summed E-state index contributed by atoms with van der Waals surface area (Å²) in [5.41, 5.74) is 6.08. The quantitative estimate of drug-likeness (QED) is 0.769. The van der Waals surface area contributed by atoms with E-state index in [4.69, 9.17) is 5.73 Å². The van der Waals surface area contributed by atoms with Crippen LogP contribution in [-0.4, -0.2) is 18.5 Å². The van der Waals surface area contributed by atoms with Gasteiger partial charge in [-0.05, 0) is 24.2 Å². The van der Waals surface area contributed by atoms with Crippen molar-refractivity contribution in [2.24, 2.45) is 23.0 Å². The minimum Gasteiger partial charge on any atom is -0.354 e. The van der Waals surface area contributed by atoms with Gasteiger partial charge in [0.25, 0.3) is 0 Å². The van der Waals surface area contributed by atoms with Gasteiger partial charge in [0.05, 0.1) is 0 Å². The Kier molecular flexibility index (Phi) is 4.36. The molecule has 2 atom stereocenters.